The molecule has 3 aromatic rings. The summed E-state index contributed by atoms with van der Waals surface area (Å²) in [6.07, 6.45) is 1.53. The summed E-state index contributed by atoms with van der Waals surface area (Å²) < 4.78 is 18.8. The Hall–Kier alpha value is -2.84. The predicted molar refractivity (Wildman–Crippen MR) is 136 cm³/mol. The fourth-order valence-corrected chi connectivity index (χ4v) is 3.90. The number of carbonyl (C=O) groups is 1. The highest BCUT2D eigenvalue weighted by molar-refractivity contribution is 9.10. The molecule has 172 valence electrons. The molecule has 0 atom stereocenters. The van der Waals surface area contributed by atoms with E-state index in [1.807, 2.05) is 62.4 Å². The number of para-hydroxylation sites is 1. The van der Waals surface area contributed by atoms with Gasteiger partial charge in [-0.05, 0) is 76.3 Å². The Morgan fingerprint density at radius 2 is 1.70 bits per heavy atom. The summed E-state index contributed by atoms with van der Waals surface area (Å²) in [4.78, 5) is 12.1. The Bertz CT molecular complexity index is 1130. The number of hydrogen-bond donors (Lipinski definition) is 1. The topological polar surface area (TPSA) is 69.2 Å². The van der Waals surface area contributed by atoms with Crippen molar-refractivity contribution in [1.29, 1.82) is 0 Å². The molecule has 0 aliphatic heterocycles. The normalized spacial score (nSPS) is 10.8. The number of aryl methyl sites for hydroxylation is 2. The van der Waals surface area contributed by atoms with Gasteiger partial charge in [-0.1, -0.05) is 46.3 Å². The lowest BCUT2D eigenvalue weighted by molar-refractivity contribution is -0.123. The van der Waals surface area contributed by atoms with Gasteiger partial charge in [0.2, 0.25) is 0 Å². The van der Waals surface area contributed by atoms with Crippen LogP contribution in [-0.2, 0) is 11.4 Å². The van der Waals surface area contributed by atoms with Crippen LogP contribution in [0.15, 0.2) is 68.6 Å². The van der Waals surface area contributed by atoms with E-state index in [9.17, 15) is 4.79 Å². The first-order chi connectivity index (χ1) is 15.9. The number of amides is 1. The lowest BCUT2D eigenvalue weighted by atomic mass is 10.1. The Morgan fingerprint density at radius 1 is 1.00 bits per heavy atom. The van der Waals surface area contributed by atoms with E-state index in [0.717, 1.165) is 26.7 Å². The highest BCUT2D eigenvalue weighted by Gasteiger charge is 2.12. The minimum Gasteiger partial charge on any atom is -0.493 e. The van der Waals surface area contributed by atoms with Crippen LogP contribution >= 0.6 is 31.9 Å². The van der Waals surface area contributed by atoms with Crippen LogP contribution in [-0.4, -0.2) is 25.8 Å². The molecule has 0 fully saturated rings. The smallest absolute Gasteiger partial charge is 0.277 e. The predicted octanol–water partition coefficient (Wildman–Crippen LogP) is 5.95. The lowest BCUT2D eigenvalue weighted by Crippen LogP contribution is -2.25. The minimum absolute atomic E-state index is 0.126. The zero-order valence-corrected chi connectivity index (χ0v) is 21.7. The van der Waals surface area contributed by atoms with E-state index in [1.54, 1.807) is 13.2 Å². The number of nitrogens with zero attached hydrogens (tertiary/aromatic N) is 1. The minimum atomic E-state index is -0.352. The van der Waals surface area contributed by atoms with Crippen LogP contribution in [0.1, 0.15) is 22.3 Å². The number of methoxy groups -OCH3 is 1. The van der Waals surface area contributed by atoms with Gasteiger partial charge in [-0.15, -0.1) is 0 Å². The van der Waals surface area contributed by atoms with Crippen molar-refractivity contribution in [2.75, 3.05) is 13.7 Å². The molecule has 0 saturated carbocycles. The maximum atomic E-state index is 12.1. The standard InChI is InChI=1S/C25H24Br2N2O4/c1-16-5-4-6-17(2)24(16)33-15-23(30)29-28-13-19-11-21(27)25(22(12-19)31-3)32-14-18-7-9-20(26)10-8-18/h4-13H,14-15H2,1-3H3,(H,29,30)/b28-13-. The lowest BCUT2D eigenvalue weighted by Gasteiger charge is -2.13. The van der Waals surface area contributed by atoms with Crippen LogP contribution < -0.4 is 19.6 Å². The van der Waals surface area contributed by atoms with Crippen molar-refractivity contribution in [2.24, 2.45) is 5.10 Å². The SMILES string of the molecule is COc1cc(/C=N\NC(=O)COc2c(C)cccc2C)cc(Br)c1OCc1ccc(Br)cc1. The summed E-state index contributed by atoms with van der Waals surface area (Å²) >= 11 is 6.95. The molecule has 0 spiro atoms. The van der Waals surface area contributed by atoms with Crippen molar-refractivity contribution in [2.45, 2.75) is 20.5 Å². The van der Waals surface area contributed by atoms with E-state index in [1.165, 1.54) is 6.21 Å². The van der Waals surface area contributed by atoms with E-state index in [0.29, 0.717) is 28.3 Å². The molecule has 0 aliphatic carbocycles. The fraction of sp³-hybridized carbons (Fsp3) is 0.200. The molecule has 0 radical (unpaired) electrons. The number of hydrogen-bond acceptors (Lipinski definition) is 5. The first-order valence-electron chi connectivity index (χ1n) is 10.1. The number of halogens is 2. The molecular weight excluding hydrogens is 552 g/mol. The average molecular weight is 576 g/mol. The summed E-state index contributed by atoms with van der Waals surface area (Å²) in [6, 6.07) is 17.3. The Kier molecular flexibility index (Phi) is 8.91. The molecule has 3 aromatic carbocycles. The molecule has 0 aliphatic rings. The number of hydrazone groups is 1. The first-order valence-corrected chi connectivity index (χ1v) is 11.7. The van der Waals surface area contributed by atoms with Gasteiger partial charge < -0.3 is 14.2 Å². The largest absolute Gasteiger partial charge is 0.493 e. The second-order valence-corrected chi connectivity index (χ2v) is 9.02. The van der Waals surface area contributed by atoms with Crippen LogP contribution in [0.25, 0.3) is 0 Å². The maximum absolute atomic E-state index is 12.1. The van der Waals surface area contributed by atoms with E-state index in [2.05, 4.69) is 42.4 Å². The number of carbonyl (C=O) groups excluding carboxylic acids is 1. The summed E-state index contributed by atoms with van der Waals surface area (Å²) in [5.41, 5.74) is 6.19. The van der Waals surface area contributed by atoms with Gasteiger partial charge in [0.15, 0.2) is 18.1 Å². The molecule has 33 heavy (non-hydrogen) atoms. The van der Waals surface area contributed by atoms with Crippen molar-refractivity contribution in [1.82, 2.24) is 5.43 Å². The number of benzene rings is 3. The van der Waals surface area contributed by atoms with E-state index in [-0.39, 0.29) is 12.5 Å². The van der Waals surface area contributed by atoms with Crippen molar-refractivity contribution >= 4 is 44.0 Å². The van der Waals surface area contributed by atoms with Crippen molar-refractivity contribution in [3.8, 4) is 17.2 Å². The summed E-state index contributed by atoms with van der Waals surface area (Å²) in [5.74, 6) is 1.50. The molecule has 3 rings (SSSR count). The number of ether oxygens (including phenoxy) is 3. The molecule has 0 bridgehead atoms. The van der Waals surface area contributed by atoms with E-state index in [4.69, 9.17) is 14.2 Å². The number of rotatable bonds is 9. The third-order valence-electron chi connectivity index (χ3n) is 4.71. The summed E-state index contributed by atoms with van der Waals surface area (Å²) in [5, 5.41) is 4.02. The molecule has 1 N–H and O–H groups in total. The van der Waals surface area contributed by atoms with Crippen LogP contribution in [0.3, 0.4) is 0 Å². The van der Waals surface area contributed by atoms with Gasteiger partial charge in [0.05, 0.1) is 17.8 Å². The van der Waals surface area contributed by atoms with Crippen LogP contribution in [0, 0.1) is 13.8 Å². The van der Waals surface area contributed by atoms with Crippen molar-refractivity contribution in [3.63, 3.8) is 0 Å². The molecular formula is C25H24Br2N2O4. The third kappa shape index (κ3) is 7.07. The molecule has 0 aromatic heterocycles. The monoisotopic (exact) mass is 574 g/mol. The highest BCUT2D eigenvalue weighted by Crippen LogP contribution is 2.37. The second kappa shape index (κ2) is 11.9. The second-order valence-electron chi connectivity index (χ2n) is 7.25. The Morgan fingerprint density at radius 3 is 2.36 bits per heavy atom. The van der Waals surface area contributed by atoms with Crippen LogP contribution in [0.5, 0.6) is 17.2 Å². The van der Waals surface area contributed by atoms with Gasteiger partial charge in [0, 0.05) is 4.47 Å². The molecule has 6 nitrogen and oxygen atoms in total. The molecule has 0 unspecified atom stereocenters. The molecule has 8 heteroatoms. The summed E-state index contributed by atoms with van der Waals surface area (Å²) in [6.45, 7) is 4.15. The first kappa shape index (κ1) is 24.8. The maximum Gasteiger partial charge on any atom is 0.277 e. The van der Waals surface area contributed by atoms with Crippen LogP contribution in [0.2, 0.25) is 0 Å². The van der Waals surface area contributed by atoms with E-state index >= 15 is 0 Å². The third-order valence-corrected chi connectivity index (χ3v) is 5.83. The Labute approximate surface area is 210 Å². The Balaban J connectivity index is 1.59. The number of nitrogens with one attached hydrogen (secondary N) is 1. The molecule has 0 saturated heterocycles. The van der Waals surface area contributed by atoms with Crippen molar-refractivity contribution in [3.05, 3.63) is 85.8 Å². The van der Waals surface area contributed by atoms with Gasteiger partial charge >= 0.3 is 0 Å². The van der Waals surface area contributed by atoms with Gasteiger partial charge in [0.25, 0.3) is 5.91 Å². The van der Waals surface area contributed by atoms with Crippen molar-refractivity contribution < 1.29 is 19.0 Å². The van der Waals surface area contributed by atoms with E-state index < -0.39 is 0 Å². The zero-order valence-electron chi connectivity index (χ0n) is 18.5. The van der Waals surface area contributed by atoms with Gasteiger partial charge in [0.1, 0.15) is 12.4 Å². The van der Waals surface area contributed by atoms with Gasteiger partial charge in [-0.25, -0.2) is 5.43 Å². The van der Waals surface area contributed by atoms with Crippen LogP contribution in [0.4, 0.5) is 0 Å². The quantitative estimate of drug-likeness (QED) is 0.253. The average Bonchev–Trinajstić information content (AvgIpc) is 2.79. The van der Waals surface area contributed by atoms with Gasteiger partial charge in [-0.3, -0.25) is 4.79 Å². The fourth-order valence-electron chi connectivity index (χ4n) is 3.07. The van der Waals surface area contributed by atoms with Gasteiger partial charge in [-0.2, -0.15) is 5.10 Å². The zero-order chi connectivity index (χ0) is 23.8. The highest BCUT2D eigenvalue weighted by atomic mass is 79.9. The molecule has 1 amide bonds. The summed E-state index contributed by atoms with van der Waals surface area (Å²) in [7, 11) is 1.57. The molecule has 0 heterocycles.